The largest absolute Gasteiger partial charge is 0.462 e. The van der Waals surface area contributed by atoms with Crippen LogP contribution in [0.1, 0.15) is 68.1 Å². The fourth-order valence-corrected chi connectivity index (χ4v) is 3.32. The molecule has 0 spiro atoms. The average Bonchev–Trinajstić information content (AvgIpc) is 2.95. The van der Waals surface area contributed by atoms with Gasteiger partial charge in [-0.1, -0.05) is 13.8 Å². The fourth-order valence-electron chi connectivity index (χ4n) is 3.32. The zero-order chi connectivity index (χ0) is 28.4. The van der Waals surface area contributed by atoms with Gasteiger partial charge in [-0.15, -0.1) is 0 Å². The summed E-state index contributed by atoms with van der Waals surface area (Å²) in [5.41, 5.74) is 0.605. The molecule has 0 aromatic heterocycles. The van der Waals surface area contributed by atoms with Gasteiger partial charge in [0.25, 0.3) is 17.5 Å². The van der Waals surface area contributed by atoms with E-state index in [-0.39, 0.29) is 11.1 Å². The lowest BCUT2D eigenvalue weighted by molar-refractivity contribution is -0.384. The topological polar surface area (TPSA) is 154 Å². The van der Waals surface area contributed by atoms with Crippen LogP contribution >= 0.6 is 0 Å². The van der Waals surface area contributed by atoms with E-state index in [1.165, 1.54) is 54.6 Å². The third-order valence-corrected chi connectivity index (χ3v) is 5.28. The van der Waals surface area contributed by atoms with Gasteiger partial charge in [0.1, 0.15) is 0 Å². The lowest BCUT2D eigenvalue weighted by atomic mass is 10.1. The molecule has 0 aliphatic carbocycles. The molecule has 0 aliphatic rings. The first-order valence-corrected chi connectivity index (χ1v) is 12.2. The van der Waals surface area contributed by atoms with Crippen LogP contribution in [0.2, 0.25) is 0 Å². The second-order valence-corrected chi connectivity index (χ2v) is 8.36. The number of amides is 2. The van der Waals surface area contributed by atoms with Gasteiger partial charge in [-0.25, -0.2) is 9.59 Å². The number of nitrogens with one attached hydrogen (secondary N) is 2. The van der Waals surface area contributed by atoms with Crippen LogP contribution < -0.4 is 10.6 Å². The third kappa shape index (κ3) is 7.96. The Morgan fingerprint density at radius 1 is 0.667 bits per heavy atom. The van der Waals surface area contributed by atoms with Gasteiger partial charge in [-0.3, -0.25) is 19.7 Å². The molecule has 202 valence electrons. The maximum Gasteiger partial charge on any atom is 0.338 e. The van der Waals surface area contributed by atoms with Crippen LogP contribution in [0.5, 0.6) is 0 Å². The summed E-state index contributed by atoms with van der Waals surface area (Å²) in [6, 6.07) is 15.2. The minimum atomic E-state index is -0.707. The Morgan fingerprint density at radius 3 is 1.38 bits per heavy atom. The first-order chi connectivity index (χ1) is 18.7. The van der Waals surface area contributed by atoms with Crippen LogP contribution in [-0.2, 0) is 9.47 Å². The molecule has 0 atom stereocenters. The van der Waals surface area contributed by atoms with Crippen molar-refractivity contribution in [2.75, 3.05) is 23.8 Å². The Kier molecular flexibility index (Phi) is 9.85. The lowest BCUT2D eigenvalue weighted by Crippen LogP contribution is -2.16. The zero-order valence-electron chi connectivity index (χ0n) is 21.4. The molecule has 3 aromatic rings. The van der Waals surface area contributed by atoms with E-state index >= 15 is 0 Å². The Labute approximate surface area is 224 Å². The second-order valence-electron chi connectivity index (χ2n) is 8.36. The van der Waals surface area contributed by atoms with Crippen LogP contribution in [0.3, 0.4) is 0 Å². The van der Waals surface area contributed by atoms with Crippen LogP contribution in [0.25, 0.3) is 0 Å². The second kappa shape index (κ2) is 13.5. The number of nitro benzene ring substituents is 1. The van der Waals surface area contributed by atoms with Crippen molar-refractivity contribution in [1.29, 1.82) is 0 Å². The number of benzene rings is 3. The summed E-state index contributed by atoms with van der Waals surface area (Å²) < 4.78 is 10.1. The number of carbonyl (C=O) groups is 4. The standard InChI is InChI=1S/C28H27N3O8/c1-3-13-38-27(34)18-5-9-22(10-6-18)29-25(32)20-15-21(17-24(16-20)31(36)37)26(33)30-23-11-7-19(8-12-23)28(35)39-14-4-2/h5-12,15-17H,3-4,13-14H2,1-2H3,(H,29,32)(H,30,33). The van der Waals surface area contributed by atoms with E-state index in [4.69, 9.17) is 9.47 Å². The van der Waals surface area contributed by atoms with Gasteiger partial charge < -0.3 is 20.1 Å². The molecule has 3 rings (SSSR count). The van der Waals surface area contributed by atoms with Gasteiger partial charge in [0, 0.05) is 34.6 Å². The molecule has 0 saturated carbocycles. The molecule has 0 heterocycles. The molecule has 39 heavy (non-hydrogen) atoms. The van der Waals surface area contributed by atoms with Crippen molar-refractivity contribution in [1.82, 2.24) is 0 Å². The molecule has 2 amide bonds. The predicted octanol–water partition coefficient (Wildman–Crippen LogP) is 5.23. The summed E-state index contributed by atoms with van der Waals surface area (Å²) in [7, 11) is 0. The van der Waals surface area contributed by atoms with Crippen LogP contribution in [0.15, 0.2) is 66.7 Å². The minimum absolute atomic E-state index is 0.116. The highest BCUT2D eigenvalue weighted by Crippen LogP contribution is 2.21. The van der Waals surface area contributed by atoms with Crippen molar-refractivity contribution in [2.45, 2.75) is 26.7 Å². The van der Waals surface area contributed by atoms with Crippen LogP contribution in [-0.4, -0.2) is 41.9 Å². The van der Waals surface area contributed by atoms with Gasteiger partial charge in [-0.2, -0.15) is 0 Å². The quantitative estimate of drug-likeness (QED) is 0.193. The van der Waals surface area contributed by atoms with E-state index in [0.717, 1.165) is 12.1 Å². The van der Waals surface area contributed by atoms with E-state index in [1.54, 1.807) is 0 Å². The number of ether oxygens (including phenoxy) is 2. The fraction of sp³-hybridized carbons (Fsp3) is 0.214. The third-order valence-electron chi connectivity index (χ3n) is 5.28. The monoisotopic (exact) mass is 533 g/mol. The number of anilines is 2. The molecule has 11 nitrogen and oxygen atoms in total. The SMILES string of the molecule is CCCOC(=O)c1ccc(NC(=O)c2cc(C(=O)Nc3ccc(C(=O)OCCC)cc3)cc([N+](=O)[O-])c2)cc1. The van der Waals surface area contributed by atoms with E-state index < -0.39 is 34.4 Å². The summed E-state index contributed by atoms with van der Waals surface area (Å²) in [5.74, 6) is -2.36. The van der Waals surface area contributed by atoms with Gasteiger partial charge >= 0.3 is 11.9 Å². The number of esters is 2. The van der Waals surface area contributed by atoms with Gasteiger partial charge in [-0.05, 0) is 67.4 Å². The van der Waals surface area contributed by atoms with Crippen molar-refractivity contribution in [3.05, 3.63) is 99.1 Å². The average molecular weight is 534 g/mol. The molecule has 3 aromatic carbocycles. The van der Waals surface area contributed by atoms with E-state index in [9.17, 15) is 29.3 Å². The predicted molar refractivity (Wildman–Crippen MR) is 143 cm³/mol. The van der Waals surface area contributed by atoms with E-state index in [0.29, 0.717) is 48.6 Å². The van der Waals surface area contributed by atoms with Crippen molar-refractivity contribution in [3.8, 4) is 0 Å². The van der Waals surface area contributed by atoms with Crippen molar-refractivity contribution < 1.29 is 33.6 Å². The normalized spacial score (nSPS) is 10.3. The maximum atomic E-state index is 12.9. The molecule has 0 fully saturated rings. The number of nitrogens with zero attached hydrogens (tertiary/aromatic N) is 1. The highest BCUT2D eigenvalue weighted by Gasteiger charge is 2.19. The van der Waals surface area contributed by atoms with Gasteiger partial charge in [0.05, 0.1) is 29.3 Å². The number of carbonyl (C=O) groups excluding carboxylic acids is 4. The van der Waals surface area contributed by atoms with Gasteiger partial charge in [0.15, 0.2) is 0 Å². The summed E-state index contributed by atoms with van der Waals surface area (Å²) >= 11 is 0. The lowest BCUT2D eigenvalue weighted by Gasteiger charge is -2.10. The Bertz CT molecular complexity index is 1270. The summed E-state index contributed by atoms with van der Waals surface area (Å²) in [6.07, 6.45) is 1.37. The Balaban J connectivity index is 1.74. The van der Waals surface area contributed by atoms with E-state index in [1.807, 2.05) is 13.8 Å². The first kappa shape index (κ1) is 28.5. The molecule has 11 heteroatoms. The van der Waals surface area contributed by atoms with Crippen molar-refractivity contribution >= 4 is 40.8 Å². The number of hydrogen-bond acceptors (Lipinski definition) is 8. The summed E-state index contributed by atoms with van der Waals surface area (Å²) in [6.45, 7) is 4.33. The summed E-state index contributed by atoms with van der Waals surface area (Å²) in [5, 5.41) is 16.7. The maximum absolute atomic E-state index is 12.9. The molecule has 2 N–H and O–H groups in total. The van der Waals surface area contributed by atoms with Gasteiger partial charge in [0.2, 0.25) is 0 Å². The molecule has 0 saturated heterocycles. The number of rotatable bonds is 11. The molecule has 0 bridgehead atoms. The van der Waals surface area contributed by atoms with Crippen molar-refractivity contribution in [2.24, 2.45) is 0 Å². The Hall–Kier alpha value is -5.06. The number of nitro groups is 1. The van der Waals surface area contributed by atoms with Crippen LogP contribution in [0.4, 0.5) is 17.1 Å². The molecular formula is C28H27N3O8. The zero-order valence-corrected chi connectivity index (χ0v) is 21.4. The highest BCUT2D eigenvalue weighted by atomic mass is 16.6. The number of hydrogen-bond donors (Lipinski definition) is 2. The van der Waals surface area contributed by atoms with Crippen molar-refractivity contribution in [3.63, 3.8) is 0 Å². The Morgan fingerprint density at radius 2 is 1.05 bits per heavy atom. The first-order valence-electron chi connectivity index (χ1n) is 12.2. The smallest absolute Gasteiger partial charge is 0.338 e. The highest BCUT2D eigenvalue weighted by molar-refractivity contribution is 6.09. The minimum Gasteiger partial charge on any atom is -0.462 e. The summed E-state index contributed by atoms with van der Waals surface area (Å²) in [4.78, 5) is 60.4. The molecule has 0 unspecified atom stereocenters. The molecular weight excluding hydrogens is 506 g/mol. The van der Waals surface area contributed by atoms with E-state index in [2.05, 4.69) is 10.6 Å². The molecule has 0 radical (unpaired) electrons. The number of non-ortho nitro benzene ring substituents is 1. The molecule has 0 aliphatic heterocycles. The van der Waals surface area contributed by atoms with Crippen LogP contribution in [0, 0.1) is 10.1 Å².